The van der Waals surface area contributed by atoms with Gasteiger partial charge in [-0.2, -0.15) is 0 Å². The first kappa shape index (κ1) is 15.5. The van der Waals surface area contributed by atoms with Gasteiger partial charge in [0.1, 0.15) is 0 Å². The van der Waals surface area contributed by atoms with Crippen LogP contribution >= 0.6 is 0 Å². The molecule has 0 radical (unpaired) electrons. The molecule has 0 aromatic carbocycles. The van der Waals surface area contributed by atoms with Crippen molar-refractivity contribution in [2.45, 2.75) is 78.1 Å². The van der Waals surface area contributed by atoms with Crippen molar-refractivity contribution in [2.24, 2.45) is 5.92 Å². The summed E-state index contributed by atoms with van der Waals surface area (Å²) in [7, 11) is 0. The van der Waals surface area contributed by atoms with Gasteiger partial charge in [-0.05, 0) is 25.7 Å². The van der Waals surface area contributed by atoms with Crippen LogP contribution < -0.4 is 0 Å². The van der Waals surface area contributed by atoms with E-state index in [1.807, 2.05) is 0 Å². The summed E-state index contributed by atoms with van der Waals surface area (Å²) in [6.45, 7) is 6.42. The first-order chi connectivity index (χ1) is 8.79. The van der Waals surface area contributed by atoms with E-state index in [-0.39, 0.29) is 0 Å². The Morgan fingerprint density at radius 2 is 1.56 bits per heavy atom. The molecule has 1 fully saturated rings. The Kier molecular flexibility index (Phi) is 8.11. The van der Waals surface area contributed by atoms with E-state index >= 15 is 0 Å². The first-order valence-electron chi connectivity index (χ1n) is 8.08. The van der Waals surface area contributed by atoms with Crippen molar-refractivity contribution in [1.82, 2.24) is 4.90 Å². The number of nitrogens with zero attached hydrogens (tertiary/aromatic N) is 1. The molecule has 0 heterocycles. The fourth-order valence-corrected chi connectivity index (χ4v) is 2.84. The van der Waals surface area contributed by atoms with Crippen LogP contribution in [0.2, 0.25) is 0 Å². The number of hydrogen-bond donors (Lipinski definition) is 0. The first-order valence-corrected chi connectivity index (χ1v) is 8.08. The molecule has 0 aromatic rings. The van der Waals surface area contributed by atoms with E-state index in [1.54, 1.807) is 0 Å². The summed E-state index contributed by atoms with van der Waals surface area (Å²) in [5.41, 5.74) is 0. The van der Waals surface area contributed by atoms with E-state index in [0.717, 1.165) is 32.4 Å². The Morgan fingerprint density at radius 3 is 2.17 bits per heavy atom. The Morgan fingerprint density at radius 1 is 0.944 bits per heavy atom. The summed E-state index contributed by atoms with van der Waals surface area (Å²) in [4.78, 5) is 14.6. The largest absolute Gasteiger partial charge is 0.342 e. The molecule has 2 heteroatoms. The molecule has 1 saturated carbocycles. The van der Waals surface area contributed by atoms with E-state index in [0.29, 0.717) is 11.8 Å². The molecule has 0 saturated heterocycles. The third-order valence-electron chi connectivity index (χ3n) is 4.08. The number of rotatable bonds is 9. The van der Waals surface area contributed by atoms with Crippen LogP contribution in [0.4, 0.5) is 0 Å². The second-order valence-electron chi connectivity index (χ2n) is 5.72. The zero-order valence-corrected chi connectivity index (χ0v) is 12.4. The lowest BCUT2D eigenvalue weighted by atomic mass is 10.1. The quantitative estimate of drug-likeness (QED) is 0.558. The predicted octanol–water partition coefficient (Wildman–Crippen LogP) is 4.39. The van der Waals surface area contributed by atoms with E-state index < -0.39 is 0 Å². The zero-order chi connectivity index (χ0) is 13.2. The molecule has 0 aromatic heterocycles. The van der Waals surface area contributed by atoms with Gasteiger partial charge in [-0.3, -0.25) is 4.79 Å². The molecule has 0 bridgehead atoms. The Labute approximate surface area is 113 Å². The zero-order valence-electron chi connectivity index (χ0n) is 12.4. The molecule has 1 amide bonds. The van der Waals surface area contributed by atoms with Gasteiger partial charge in [0.05, 0.1) is 0 Å². The van der Waals surface area contributed by atoms with Crippen LogP contribution in [-0.2, 0) is 4.79 Å². The van der Waals surface area contributed by atoms with Gasteiger partial charge in [-0.15, -0.1) is 0 Å². The third-order valence-corrected chi connectivity index (χ3v) is 4.08. The monoisotopic (exact) mass is 253 g/mol. The Balaban J connectivity index is 2.35. The molecular formula is C16H31NO. The van der Waals surface area contributed by atoms with Crippen LogP contribution in [0.25, 0.3) is 0 Å². The van der Waals surface area contributed by atoms with E-state index in [9.17, 15) is 4.79 Å². The second-order valence-corrected chi connectivity index (χ2v) is 5.72. The maximum Gasteiger partial charge on any atom is 0.225 e. The SMILES string of the molecule is CCCCCCN(CCCC)C(=O)C1CCCC1. The van der Waals surface area contributed by atoms with Crippen LogP contribution in [0.1, 0.15) is 78.1 Å². The van der Waals surface area contributed by atoms with Crippen LogP contribution in [0.3, 0.4) is 0 Å². The van der Waals surface area contributed by atoms with Gasteiger partial charge >= 0.3 is 0 Å². The Hall–Kier alpha value is -0.530. The summed E-state index contributed by atoms with van der Waals surface area (Å²) in [6.07, 6.45) is 12.2. The highest BCUT2D eigenvalue weighted by Gasteiger charge is 2.26. The molecular weight excluding hydrogens is 222 g/mol. The van der Waals surface area contributed by atoms with Gasteiger partial charge in [0, 0.05) is 19.0 Å². The smallest absolute Gasteiger partial charge is 0.225 e. The molecule has 0 N–H and O–H groups in total. The maximum atomic E-state index is 12.4. The van der Waals surface area contributed by atoms with Crippen molar-refractivity contribution < 1.29 is 4.79 Å². The normalized spacial score (nSPS) is 16.1. The summed E-state index contributed by atoms with van der Waals surface area (Å²) in [6, 6.07) is 0. The minimum atomic E-state index is 0.355. The van der Waals surface area contributed by atoms with Gasteiger partial charge in [0.2, 0.25) is 5.91 Å². The highest BCUT2D eigenvalue weighted by molar-refractivity contribution is 5.79. The summed E-state index contributed by atoms with van der Waals surface area (Å²) >= 11 is 0. The van der Waals surface area contributed by atoms with Crippen LogP contribution in [0.15, 0.2) is 0 Å². The van der Waals surface area contributed by atoms with Gasteiger partial charge < -0.3 is 4.90 Å². The summed E-state index contributed by atoms with van der Waals surface area (Å²) < 4.78 is 0. The molecule has 1 rings (SSSR count). The van der Waals surface area contributed by atoms with Gasteiger partial charge in [-0.1, -0.05) is 52.4 Å². The van der Waals surface area contributed by atoms with Crippen molar-refractivity contribution in [3.8, 4) is 0 Å². The van der Waals surface area contributed by atoms with Crippen LogP contribution in [0, 0.1) is 5.92 Å². The average Bonchev–Trinajstić information content (AvgIpc) is 2.91. The third kappa shape index (κ3) is 5.41. The van der Waals surface area contributed by atoms with Crippen molar-refractivity contribution in [3.05, 3.63) is 0 Å². The molecule has 0 spiro atoms. The molecule has 0 aliphatic heterocycles. The summed E-state index contributed by atoms with van der Waals surface area (Å²) in [5, 5.41) is 0. The number of unbranched alkanes of at least 4 members (excludes halogenated alkanes) is 4. The second kappa shape index (κ2) is 9.41. The number of amides is 1. The number of hydrogen-bond acceptors (Lipinski definition) is 1. The molecule has 1 aliphatic rings. The van der Waals surface area contributed by atoms with E-state index in [2.05, 4.69) is 18.7 Å². The molecule has 2 nitrogen and oxygen atoms in total. The molecule has 18 heavy (non-hydrogen) atoms. The van der Waals surface area contributed by atoms with Crippen molar-refractivity contribution in [1.29, 1.82) is 0 Å². The molecule has 0 unspecified atom stereocenters. The molecule has 0 atom stereocenters. The number of carbonyl (C=O) groups excluding carboxylic acids is 1. The predicted molar refractivity (Wildman–Crippen MR) is 77.6 cm³/mol. The lowest BCUT2D eigenvalue weighted by Gasteiger charge is -2.25. The van der Waals surface area contributed by atoms with Crippen molar-refractivity contribution in [2.75, 3.05) is 13.1 Å². The van der Waals surface area contributed by atoms with E-state index in [1.165, 1.54) is 44.9 Å². The fourth-order valence-electron chi connectivity index (χ4n) is 2.84. The van der Waals surface area contributed by atoms with Gasteiger partial charge in [0.25, 0.3) is 0 Å². The highest BCUT2D eigenvalue weighted by Crippen LogP contribution is 2.26. The number of carbonyl (C=O) groups is 1. The lowest BCUT2D eigenvalue weighted by Crippen LogP contribution is -2.36. The highest BCUT2D eigenvalue weighted by atomic mass is 16.2. The lowest BCUT2D eigenvalue weighted by molar-refractivity contribution is -0.135. The summed E-state index contributed by atoms with van der Waals surface area (Å²) in [5.74, 6) is 0.811. The molecule has 106 valence electrons. The maximum absolute atomic E-state index is 12.4. The Bertz CT molecular complexity index is 221. The van der Waals surface area contributed by atoms with Crippen LogP contribution in [-0.4, -0.2) is 23.9 Å². The minimum Gasteiger partial charge on any atom is -0.342 e. The van der Waals surface area contributed by atoms with Gasteiger partial charge in [0.15, 0.2) is 0 Å². The average molecular weight is 253 g/mol. The van der Waals surface area contributed by atoms with Gasteiger partial charge in [-0.25, -0.2) is 0 Å². The van der Waals surface area contributed by atoms with Crippen molar-refractivity contribution >= 4 is 5.91 Å². The van der Waals surface area contributed by atoms with Crippen LogP contribution in [0.5, 0.6) is 0 Å². The molecule has 1 aliphatic carbocycles. The van der Waals surface area contributed by atoms with E-state index in [4.69, 9.17) is 0 Å². The standard InChI is InChI=1S/C16H31NO/c1-3-5-7-10-14-17(13-6-4-2)16(18)15-11-8-9-12-15/h15H,3-14H2,1-2H3. The minimum absolute atomic E-state index is 0.355. The van der Waals surface area contributed by atoms with Crippen molar-refractivity contribution in [3.63, 3.8) is 0 Å². The fraction of sp³-hybridized carbons (Fsp3) is 0.938. The topological polar surface area (TPSA) is 20.3 Å².